The molecule has 30 heavy (non-hydrogen) atoms. The molecule has 0 spiro atoms. The van der Waals surface area contributed by atoms with Gasteiger partial charge in [0.1, 0.15) is 11.5 Å². The lowest BCUT2D eigenvalue weighted by atomic mass is 9.97. The minimum atomic E-state index is -0.510. The van der Waals surface area contributed by atoms with Crippen molar-refractivity contribution in [3.05, 3.63) is 59.7 Å². The van der Waals surface area contributed by atoms with Crippen LogP contribution in [0, 0.1) is 0 Å². The maximum absolute atomic E-state index is 12.5. The van der Waals surface area contributed by atoms with Crippen molar-refractivity contribution < 1.29 is 23.9 Å². The van der Waals surface area contributed by atoms with Crippen molar-refractivity contribution >= 4 is 17.7 Å². The highest BCUT2D eigenvalue weighted by Gasteiger charge is 2.28. The van der Waals surface area contributed by atoms with E-state index in [4.69, 9.17) is 9.47 Å². The first-order chi connectivity index (χ1) is 14.3. The number of nitrogens with zero attached hydrogens (tertiary/aromatic N) is 1. The topological polar surface area (TPSA) is 72.9 Å². The molecule has 2 atom stereocenters. The Morgan fingerprint density at radius 3 is 1.97 bits per heavy atom. The second-order valence-corrected chi connectivity index (χ2v) is 7.71. The number of piperidine rings is 1. The summed E-state index contributed by atoms with van der Waals surface area (Å²) in [6, 6.07) is 13.3. The molecule has 3 rings (SSSR count). The smallest absolute Gasteiger partial charge is 0.343 e. The lowest BCUT2D eigenvalue weighted by Gasteiger charge is -2.38. The third kappa shape index (κ3) is 5.26. The van der Waals surface area contributed by atoms with Gasteiger partial charge in [-0.05, 0) is 88.6 Å². The molecule has 0 bridgehead atoms. The molecule has 2 aromatic rings. The van der Waals surface area contributed by atoms with E-state index in [1.165, 1.54) is 6.92 Å². The van der Waals surface area contributed by atoms with E-state index in [1.54, 1.807) is 48.5 Å². The van der Waals surface area contributed by atoms with Crippen LogP contribution in [0.1, 0.15) is 60.7 Å². The normalized spacial score (nSPS) is 18.6. The molecule has 1 heterocycles. The Hall–Kier alpha value is -3.15. The number of esters is 1. The Kier molecular flexibility index (Phi) is 6.87. The number of carbonyl (C=O) groups is 3. The van der Waals surface area contributed by atoms with E-state index in [0.717, 1.165) is 19.3 Å². The molecule has 2 unspecified atom stereocenters. The second kappa shape index (κ2) is 9.57. The fourth-order valence-corrected chi connectivity index (χ4v) is 3.74. The van der Waals surface area contributed by atoms with Gasteiger partial charge in [0.2, 0.25) is 0 Å². The highest BCUT2D eigenvalue weighted by molar-refractivity contribution is 5.94. The standard InChI is InChI=1S/C24H27NO5/c1-16-5-4-6-17(2)25(16)23(27)15-29-21-11-9-20(10-12-21)24(28)30-22-13-7-19(8-14-22)18(3)26/h7-14,16-17H,4-6,15H2,1-3H3. The number of rotatable bonds is 6. The van der Waals surface area contributed by atoms with Gasteiger partial charge in [0, 0.05) is 17.6 Å². The fourth-order valence-electron chi connectivity index (χ4n) is 3.74. The van der Waals surface area contributed by atoms with Gasteiger partial charge in [-0.15, -0.1) is 0 Å². The highest BCUT2D eigenvalue weighted by atomic mass is 16.5. The van der Waals surface area contributed by atoms with Crippen molar-refractivity contribution in [2.24, 2.45) is 0 Å². The van der Waals surface area contributed by atoms with Crippen molar-refractivity contribution in [3.63, 3.8) is 0 Å². The number of ether oxygens (including phenoxy) is 2. The van der Waals surface area contributed by atoms with Gasteiger partial charge in [-0.3, -0.25) is 9.59 Å². The van der Waals surface area contributed by atoms with Crippen molar-refractivity contribution in [2.75, 3.05) is 6.61 Å². The third-order valence-electron chi connectivity index (χ3n) is 5.41. The van der Waals surface area contributed by atoms with Crippen LogP contribution in [0.3, 0.4) is 0 Å². The molecule has 1 fully saturated rings. The predicted octanol–water partition coefficient (Wildman–Crippen LogP) is 4.28. The van der Waals surface area contributed by atoms with Crippen LogP contribution < -0.4 is 9.47 Å². The summed E-state index contributed by atoms with van der Waals surface area (Å²) in [6.07, 6.45) is 3.18. The average Bonchev–Trinajstić information content (AvgIpc) is 2.73. The summed E-state index contributed by atoms with van der Waals surface area (Å²) >= 11 is 0. The molecule has 6 nitrogen and oxygen atoms in total. The Morgan fingerprint density at radius 2 is 1.40 bits per heavy atom. The second-order valence-electron chi connectivity index (χ2n) is 7.71. The zero-order chi connectivity index (χ0) is 21.7. The van der Waals surface area contributed by atoms with E-state index in [0.29, 0.717) is 22.6 Å². The fraction of sp³-hybridized carbons (Fsp3) is 0.375. The van der Waals surface area contributed by atoms with Crippen LogP contribution in [0.25, 0.3) is 0 Å². The Labute approximate surface area is 176 Å². The quantitative estimate of drug-likeness (QED) is 0.405. The first kappa shape index (κ1) is 21.6. The largest absolute Gasteiger partial charge is 0.484 e. The van der Waals surface area contributed by atoms with E-state index >= 15 is 0 Å². The molecule has 0 aromatic heterocycles. The molecular formula is C24H27NO5. The first-order valence-electron chi connectivity index (χ1n) is 10.2. The number of hydrogen-bond donors (Lipinski definition) is 0. The molecule has 0 saturated carbocycles. The monoisotopic (exact) mass is 409 g/mol. The van der Waals surface area contributed by atoms with Crippen molar-refractivity contribution in [3.8, 4) is 11.5 Å². The number of benzene rings is 2. The number of Topliss-reactive ketones (excluding diaryl/α,β-unsaturated/α-hetero) is 1. The van der Waals surface area contributed by atoms with Crippen molar-refractivity contribution in [1.82, 2.24) is 4.90 Å². The maximum atomic E-state index is 12.5. The van der Waals surface area contributed by atoms with E-state index in [-0.39, 0.29) is 30.4 Å². The van der Waals surface area contributed by atoms with Crippen LogP contribution in [0.5, 0.6) is 11.5 Å². The molecule has 1 aliphatic rings. The van der Waals surface area contributed by atoms with Gasteiger partial charge < -0.3 is 14.4 Å². The SMILES string of the molecule is CC(=O)c1ccc(OC(=O)c2ccc(OCC(=O)N3C(C)CCCC3C)cc2)cc1. The van der Waals surface area contributed by atoms with E-state index in [2.05, 4.69) is 13.8 Å². The third-order valence-corrected chi connectivity index (χ3v) is 5.41. The van der Waals surface area contributed by atoms with Crippen LogP contribution in [-0.4, -0.2) is 41.3 Å². The summed E-state index contributed by atoms with van der Waals surface area (Å²) < 4.78 is 11.0. The van der Waals surface area contributed by atoms with Crippen LogP contribution in [0.15, 0.2) is 48.5 Å². The number of carbonyl (C=O) groups excluding carboxylic acids is 3. The molecule has 0 radical (unpaired) electrons. The molecule has 158 valence electrons. The first-order valence-corrected chi connectivity index (χ1v) is 10.2. The molecular weight excluding hydrogens is 382 g/mol. The number of amides is 1. The van der Waals surface area contributed by atoms with E-state index in [1.807, 2.05) is 4.90 Å². The summed E-state index contributed by atoms with van der Waals surface area (Å²) in [6.45, 7) is 5.59. The van der Waals surface area contributed by atoms with Gasteiger partial charge in [-0.1, -0.05) is 0 Å². The highest BCUT2D eigenvalue weighted by Crippen LogP contribution is 2.23. The summed E-state index contributed by atoms with van der Waals surface area (Å²) in [5, 5.41) is 0. The minimum Gasteiger partial charge on any atom is -0.484 e. The number of likely N-dealkylation sites (tertiary alicyclic amines) is 1. The van der Waals surface area contributed by atoms with Crippen molar-refractivity contribution in [1.29, 1.82) is 0 Å². The van der Waals surface area contributed by atoms with Gasteiger partial charge in [-0.2, -0.15) is 0 Å². The van der Waals surface area contributed by atoms with Gasteiger partial charge in [-0.25, -0.2) is 4.79 Å². The average molecular weight is 409 g/mol. The predicted molar refractivity (Wildman–Crippen MR) is 113 cm³/mol. The van der Waals surface area contributed by atoms with Gasteiger partial charge in [0.05, 0.1) is 5.56 Å². The van der Waals surface area contributed by atoms with Crippen LogP contribution >= 0.6 is 0 Å². The molecule has 1 saturated heterocycles. The summed E-state index contributed by atoms with van der Waals surface area (Å²) in [7, 11) is 0. The lowest BCUT2D eigenvalue weighted by Crippen LogP contribution is -2.49. The van der Waals surface area contributed by atoms with Crippen molar-refractivity contribution in [2.45, 2.75) is 52.1 Å². The zero-order valence-electron chi connectivity index (χ0n) is 17.6. The van der Waals surface area contributed by atoms with Crippen LogP contribution in [-0.2, 0) is 4.79 Å². The summed E-state index contributed by atoms with van der Waals surface area (Å²) in [4.78, 5) is 38.1. The molecule has 1 amide bonds. The molecule has 1 aliphatic heterocycles. The van der Waals surface area contributed by atoms with Gasteiger partial charge in [0.15, 0.2) is 12.4 Å². The summed E-state index contributed by atoms with van der Waals surface area (Å²) in [5.41, 5.74) is 0.918. The van der Waals surface area contributed by atoms with E-state index < -0.39 is 5.97 Å². The zero-order valence-corrected chi connectivity index (χ0v) is 17.6. The van der Waals surface area contributed by atoms with Crippen LogP contribution in [0.2, 0.25) is 0 Å². The Bertz CT molecular complexity index is 894. The summed E-state index contributed by atoms with van der Waals surface area (Å²) in [5.74, 6) is 0.297. The Balaban J connectivity index is 1.54. The van der Waals surface area contributed by atoms with E-state index in [9.17, 15) is 14.4 Å². The molecule has 0 N–H and O–H groups in total. The maximum Gasteiger partial charge on any atom is 0.343 e. The molecule has 6 heteroatoms. The number of ketones is 1. The van der Waals surface area contributed by atoms with Gasteiger partial charge in [0.25, 0.3) is 5.91 Å². The molecule has 2 aromatic carbocycles. The van der Waals surface area contributed by atoms with Crippen LogP contribution in [0.4, 0.5) is 0 Å². The van der Waals surface area contributed by atoms with Gasteiger partial charge >= 0.3 is 5.97 Å². The lowest BCUT2D eigenvalue weighted by molar-refractivity contribution is -0.139. The number of hydrogen-bond acceptors (Lipinski definition) is 5. The molecule has 0 aliphatic carbocycles. The Morgan fingerprint density at radius 1 is 0.867 bits per heavy atom. The minimum absolute atomic E-state index is 0.0211.